The van der Waals surface area contributed by atoms with Gasteiger partial charge in [0.2, 0.25) is 5.91 Å². The van der Waals surface area contributed by atoms with Crippen molar-refractivity contribution in [2.24, 2.45) is 17.3 Å². The zero-order chi connectivity index (χ0) is 50.1. The highest BCUT2D eigenvalue weighted by Gasteiger charge is 2.68. The Balaban J connectivity index is 1.38. The molecule has 0 radical (unpaired) electrons. The highest BCUT2D eigenvalue weighted by molar-refractivity contribution is 6.32. The lowest BCUT2D eigenvalue weighted by Gasteiger charge is -2.62. The number of benzene rings is 3. The van der Waals surface area contributed by atoms with Gasteiger partial charge in [0.05, 0.1) is 58.7 Å². The average molecular weight is 991 g/mol. The smallest absolute Gasteiger partial charge is 0.496 e. The molecule has 1 aliphatic carbocycles. The quantitative estimate of drug-likeness (QED) is 0.0218. The molecular weight excluding hydrogens is 930 g/mol. The van der Waals surface area contributed by atoms with Crippen LogP contribution in [0.4, 0.5) is 18.4 Å². The summed E-state index contributed by atoms with van der Waals surface area (Å²) in [5.41, 5.74) is 3.02. The minimum atomic E-state index is -0.912. The Hall–Kier alpha value is -6.18. The third kappa shape index (κ3) is 14.7. The van der Waals surface area contributed by atoms with Crippen LogP contribution in [0.3, 0.4) is 0 Å². The Labute approximate surface area is 404 Å². The first-order valence-electron chi connectivity index (χ1n) is 23.1. The van der Waals surface area contributed by atoms with E-state index in [2.05, 4.69) is 9.68 Å². The molecule has 0 N–H and O–H groups in total. The molecule has 5 atom stereocenters. The van der Waals surface area contributed by atoms with Crippen LogP contribution in [0.25, 0.3) is 0 Å². The molecule has 3 aromatic carbocycles. The fourth-order valence-corrected chi connectivity index (χ4v) is 9.83. The lowest BCUT2D eigenvalue weighted by molar-refractivity contribution is -0.757. The average Bonchev–Trinajstić information content (AvgIpc) is 3.60. The number of hydrogen-bond donors (Lipinski definition) is 0. The molecule has 0 spiro atoms. The number of nitrogens with zero attached hydrogens (tertiary/aromatic N) is 4. The summed E-state index contributed by atoms with van der Waals surface area (Å²) in [6.45, 7) is 6.17. The molecule has 1 aliphatic heterocycles. The van der Waals surface area contributed by atoms with Crippen LogP contribution in [0.2, 0.25) is 5.02 Å². The number of aryl methyl sites for hydroxylation is 2. The predicted octanol–water partition coefficient (Wildman–Crippen LogP) is 9.28. The van der Waals surface area contributed by atoms with Crippen LogP contribution in [0.15, 0.2) is 54.6 Å². The van der Waals surface area contributed by atoms with Crippen LogP contribution in [0.1, 0.15) is 87.5 Å². The molecular formula is C48H61ClF2N4O14. The van der Waals surface area contributed by atoms with Crippen molar-refractivity contribution in [2.75, 3.05) is 53.3 Å². The SMILES string of the molecule is CCCN(Cc1ccc(OC)c(C)c1)C(=O)C(C)C1N(C(=O)OCCCCO[N+](=O)[O-])C2CC(COC(=O)OCCCCO[N+](=O)[O-])CC21Cc1ccc(CCCOc2c(F)ccc(F)c2Cl)cc1. The van der Waals surface area contributed by atoms with E-state index < -0.39 is 62.5 Å². The van der Waals surface area contributed by atoms with Crippen molar-refractivity contribution in [3.05, 3.63) is 114 Å². The summed E-state index contributed by atoms with van der Waals surface area (Å²) in [7, 11) is 1.60. The minimum Gasteiger partial charge on any atom is -0.496 e. The molecule has 378 valence electrons. The summed E-state index contributed by atoms with van der Waals surface area (Å²) in [6, 6.07) is 14.4. The van der Waals surface area contributed by atoms with Crippen LogP contribution in [-0.4, -0.2) is 104 Å². The Kier molecular flexibility index (Phi) is 20.2. The number of fused-ring (bicyclic) bond motifs is 1. The van der Waals surface area contributed by atoms with Gasteiger partial charge < -0.3 is 43.2 Å². The van der Waals surface area contributed by atoms with Crippen molar-refractivity contribution in [3.8, 4) is 11.5 Å². The van der Waals surface area contributed by atoms with E-state index in [1.807, 2.05) is 63.2 Å². The molecule has 5 unspecified atom stereocenters. The van der Waals surface area contributed by atoms with E-state index in [4.69, 9.17) is 35.3 Å². The molecule has 0 aromatic heterocycles. The standard InChI is InChI=1S/C48H61ClF2N4O14/c1-5-20-52(30-36-16-19-40(63-4)32(2)26-36)45(56)33(3)44-48(28-35-14-12-34(13-15-35)11-10-23-64-43-39(51)18-17-38(50)42(43)49)29-37(31-67-47(58)66-22-7-9-25-69-55(61)62)27-41(48)53(44)46(57)65-21-6-8-24-68-54(59)60/h12-19,26,33,37,41,44H,5-11,20-25,27-31H2,1-4H3. The fourth-order valence-electron chi connectivity index (χ4n) is 9.62. The predicted molar refractivity (Wildman–Crippen MR) is 246 cm³/mol. The number of methoxy groups -OCH3 is 1. The van der Waals surface area contributed by atoms with E-state index in [1.165, 1.54) is 0 Å². The Bertz CT molecular complexity index is 2220. The van der Waals surface area contributed by atoms with Gasteiger partial charge in [-0.3, -0.25) is 4.79 Å². The molecule has 0 bridgehead atoms. The molecule has 1 saturated carbocycles. The molecule has 5 rings (SSSR count). The lowest BCUT2D eigenvalue weighted by Crippen LogP contribution is -2.74. The van der Waals surface area contributed by atoms with Gasteiger partial charge in [-0.15, -0.1) is 20.2 Å². The van der Waals surface area contributed by atoms with Crippen LogP contribution in [0, 0.1) is 56.0 Å². The zero-order valence-electron chi connectivity index (χ0n) is 39.4. The van der Waals surface area contributed by atoms with Crippen molar-refractivity contribution in [1.29, 1.82) is 0 Å². The van der Waals surface area contributed by atoms with Gasteiger partial charge in [0.1, 0.15) is 16.6 Å². The van der Waals surface area contributed by atoms with E-state index in [1.54, 1.807) is 16.9 Å². The Morgan fingerprint density at radius 3 is 2.12 bits per heavy atom. The number of likely N-dealkylation sites (tertiary alicyclic amines) is 1. The molecule has 1 heterocycles. The van der Waals surface area contributed by atoms with E-state index in [9.17, 15) is 43.4 Å². The molecule has 3 aromatic rings. The maximum absolute atomic E-state index is 14.9. The summed E-state index contributed by atoms with van der Waals surface area (Å²) in [4.78, 5) is 75.1. The monoisotopic (exact) mass is 990 g/mol. The van der Waals surface area contributed by atoms with Gasteiger partial charge in [-0.2, -0.15) is 0 Å². The van der Waals surface area contributed by atoms with E-state index in [0.717, 1.165) is 40.1 Å². The number of hydrogen-bond acceptors (Lipinski definition) is 14. The minimum absolute atomic E-state index is 0.0378. The maximum atomic E-state index is 14.9. The number of carbonyl (C=O) groups excluding carboxylic acids is 3. The molecule has 2 aliphatic rings. The summed E-state index contributed by atoms with van der Waals surface area (Å²) in [6.07, 6.45) is 2.64. The first kappa shape index (κ1) is 53.8. The summed E-state index contributed by atoms with van der Waals surface area (Å²) in [5.74, 6) is -2.31. The lowest BCUT2D eigenvalue weighted by atomic mass is 9.59. The first-order chi connectivity index (χ1) is 33.1. The number of ether oxygens (including phenoxy) is 5. The van der Waals surface area contributed by atoms with E-state index in [0.29, 0.717) is 64.5 Å². The highest BCUT2D eigenvalue weighted by atomic mass is 35.5. The summed E-state index contributed by atoms with van der Waals surface area (Å²) >= 11 is 5.92. The van der Waals surface area contributed by atoms with Crippen LogP contribution in [-0.2, 0) is 48.1 Å². The normalized spacial score (nSPS) is 18.5. The molecule has 1 saturated heterocycles. The fraction of sp³-hybridized carbons (Fsp3) is 0.562. The molecule has 2 amide bonds. The number of halogens is 3. The van der Waals surface area contributed by atoms with Gasteiger partial charge in [-0.1, -0.05) is 61.8 Å². The topological polar surface area (TPSA) is 209 Å². The van der Waals surface area contributed by atoms with Gasteiger partial charge in [0.15, 0.2) is 11.6 Å². The highest BCUT2D eigenvalue weighted by Crippen LogP contribution is 2.61. The Morgan fingerprint density at radius 1 is 0.855 bits per heavy atom. The van der Waals surface area contributed by atoms with E-state index >= 15 is 0 Å². The van der Waals surface area contributed by atoms with Crippen molar-refractivity contribution in [1.82, 2.24) is 9.80 Å². The maximum Gasteiger partial charge on any atom is 0.508 e. The van der Waals surface area contributed by atoms with Gasteiger partial charge in [-0.25, -0.2) is 18.4 Å². The third-order valence-electron chi connectivity index (χ3n) is 12.6. The third-order valence-corrected chi connectivity index (χ3v) is 12.9. The number of carbonyl (C=O) groups is 3. The first-order valence-corrected chi connectivity index (χ1v) is 23.5. The van der Waals surface area contributed by atoms with E-state index in [-0.39, 0.29) is 70.1 Å². The second kappa shape index (κ2) is 26.0. The van der Waals surface area contributed by atoms with Crippen LogP contribution >= 0.6 is 11.6 Å². The van der Waals surface area contributed by atoms with Gasteiger partial charge in [0, 0.05) is 24.5 Å². The van der Waals surface area contributed by atoms with Gasteiger partial charge >= 0.3 is 12.2 Å². The van der Waals surface area contributed by atoms with Crippen molar-refractivity contribution in [2.45, 2.75) is 104 Å². The molecule has 18 nitrogen and oxygen atoms in total. The van der Waals surface area contributed by atoms with Crippen molar-refractivity contribution in [3.63, 3.8) is 0 Å². The van der Waals surface area contributed by atoms with Crippen molar-refractivity contribution >= 4 is 29.8 Å². The van der Waals surface area contributed by atoms with Crippen molar-refractivity contribution < 1.29 is 66.7 Å². The number of amides is 2. The molecule has 2 fully saturated rings. The van der Waals surface area contributed by atoms with Crippen LogP contribution < -0.4 is 9.47 Å². The van der Waals surface area contributed by atoms with Gasteiger partial charge in [-0.05, 0) is 118 Å². The second-order valence-corrected chi connectivity index (χ2v) is 17.8. The summed E-state index contributed by atoms with van der Waals surface area (Å²) < 4.78 is 55.7. The molecule has 21 heteroatoms. The largest absolute Gasteiger partial charge is 0.508 e. The van der Waals surface area contributed by atoms with Crippen LogP contribution in [0.5, 0.6) is 11.5 Å². The molecule has 69 heavy (non-hydrogen) atoms. The summed E-state index contributed by atoms with van der Waals surface area (Å²) in [5, 5.41) is 18.9. The Morgan fingerprint density at radius 2 is 1.48 bits per heavy atom. The zero-order valence-corrected chi connectivity index (χ0v) is 40.1. The number of unbranched alkanes of at least 4 members (excludes halogenated alkanes) is 2. The second-order valence-electron chi connectivity index (χ2n) is 17.4. The van der Waals surface area contributed by atoms with Gasteiger partial charge in [0.25, 0.3) is 10.2 Å². The number of rotatable bonds is 28.